The van der Waals surface area contributed by atoms with Gasteiger partial charge in [0, 0.05) is 13.1 Å². The fourth-order valence-electron chi connectivity index (χ4n) is 1.58. The molecule has 0 aromatic heterocycles. The van der Waals surface area contributed by atoms with Crippen molar-refractivity contribution in [2.75, 3.05) is 13.1 Å². The average molecular weight is 300 g/mol. The van der Waals surface area contributed by atoms with Crippen molar-refractivity contribution >= 4 is 29.4 Å². The first-order chi connectivity index (χ1) is 9.41. The van der Waals surface area contributed by atoms with Gasteiger partial charge in [0.15, 0.2) is 0 Å². The van der Waals surface area contributed by atoms with Crippen LogP contribution in [0.2, 0.25) is 5.02 Å². The normalized spacial score (nSPS) is 10.1. The van der Waals surface area contributed by atoms with Gasteiger partial charge in [-0.2, -0.15) is 0 Å². The maximum atomic E-state index is 12.2. The monoisotopic (exact) mass is 299 g/mol. The van der Waals surface area contributed by atoms with Crippen LogP contribution in [0.3, 0.4) is 0 Å². The first kappa shape index (κ1) is 16.0. The third kappa shape index (κ3) is 4.89. The van der Waals surface area contributed by atoms with Gasteiger partial charge in [-0.05, 0) is 12.1 Å². The number of carboxylic acid groups (broad SMARTS) is 2. The predicted octanol–water partition coefficient (Wildman–Crippen LogP) is 1.73. The van der Waals surface area contributed by atoms with Crippen LogP contribution in [0.1, 0.15) is 23.2 Å². The molecule has 6 nitrogen and oxygen atoms in total. The molecule has 0 heterocycles. The number of hydrogen-bond acceptors (Lipinski definition) is 3. The van der Waals surface area contributed by atoms with Crippen molar-refractivity contribution in [1.82, 2.24) is 4.90 Å². The quantitative estimate of drug-likeness (QED) is 0.799. The Bertz CT molecular complexity index is 499. The number of hydrogen-bond donors (Lipinski definition) is 2. The molecule has 0 radical (unpaired) electrons. The predicted molar refractivity (Wildman–Crippen MR) is 71.9 cm³/mol. The number of halogens is 1. The van der Waals surface area contributed by atoms with E-state index >= 15 is 0 Å². The maximum absolute atomic E-state index is 12.2. The number of carbonyl (C=O) groups excluding carboxylic acids is 1. The summed E-state index contributed by atoms with van der Waals surface area (Å²) in [5, 5.41) is 17.6. The zero-order valence-electron chi connectivity index (χ0n) is 10.6. The molecule has 1 aromatic rings. The van der Waals surface area contributed by atoms with Crippen LogP contribution in [0, 0.1) is 0 Å². The molecule has 1 rings (SSSR count). The molecule has 0 fully saturated rings. The van der Waals surface area contributed by atoms with Crippen molar-refractivity contribution in [3.05, 3.63) is 34.9 Å². The Hall–Kier alpha value is -2.08. The Morgan fingerprint density at radius 1 is 1.00 bits per heavy atom. The average Bonchev–Trinajstić information content (AvgIpc) is 2.38. The second kappa shape index (κ2) is 7.49. The van der Waals surface area contributed by atoms with Crippen LogP contribution in [0.25, 0.3) is 0 Å². The topological polar surface area (TPSA) is 94.9 Å². The molecule has 7 heteroatoms. The first-order valence-corrected chi connectivity index (χ1v) is 6.27. The minimum Gasteiger partial charge on any atom is -0.481 e. The summed E-state index contributed by atoms with van der Waals surface area (Å²) in [6, 6.07) is 6.35. The van der Waals surface area contributed by atoms with Gasteiger partial charge in [-0.1, -0.05) is 23.7 Å². The van der Waals surface area contributed by atoms with Crippen molar-refractivity contribution in [1.29, 1.82) is 0 Å². The minimum absolute atomic E-state index is 0.0628. The number of aliphatic carboxylic acids is 2. The van der Waals surface area contributed by atoms with Crippen molar-refractivity contribution in [2.24, 2.45) is 0 Å². The highest BCUT2D eigenvalue weighted by Gasteiger charge is 2.19. The minimum atomic E-state index is -1.06. The largest absolute Gasteiger partial charge is 0.481 e. The molecule has 0 saturated heterocycles. The van der Waals surface area contributed by atoms with E-state index in [1.165, 1.54) is 11.0 Å². The lowest BCUT2D eigenvalue weighted by atomic mass is 10.2. The van der Waals surface area contributed by atoms with E-state index < -0.39 is 17.8 Å². The highest BCUT2D eigenvalue weighted by atomic mass is 35.5. The van der Waals surface area contributed by atoms with Gasteiger partial charge >= 0.3 is 11.9 Å². The summed E-state index contributed by atoms with van der Waals surface area (Å²) < 4.78 is 0. The van der Waals surface area contributed by atoms with Gasteiger partial charge in [-0.25, -0.2) is 0 Å². The zero-order chi connectivity index (χ0) is 15.1. The summed E-state index contributed by atoms with van der Waals surface area (Å²) in [6.07, 6.45) is -0.508. The van der Waals surface area contributed by atoms with Crippen LogP contribution in [-0.2, 0) is 9.59 Å². The van der Waals surface area contributed by atoms with Crippen molar-refractivity contribution in [3.8, 4) is 0 Å². The SMILES string of the molecule is O=C(O)CCN(CCC(=O)O)C(=O)c1ccccc1Cl. The summed E-state index contributed by atoms with van der Waals surface area (Å²) >= 11 is 5.91. The molecule has 1 amide bonds. The Balaban J connectivity index is 2.85. The smallest absolute Gasteiger partial charge is 0.305 e. The second-order valence-corrected chi connectivity index (χ2v) is 4.47. The van der Waals surface area contributed by atoms with Crippen LogP contribution in [0.15, 0.2) is 24.3 Å². The fourth-order valence-corrected chi connectivity index (χ4v) is 1.80. The van der Waals surface area contributed by atoms with Gasteiger partial charge in [-0.15, -0.1) is 0 Å². The van der Waals surface area contributed by atoms with E-state index in [2.05, 4.69) is 0 Å². The maximum Gasteiger partial charge on any atom is 0.305 e. The van der Waals surface area contributed by atoms with Crippen molar-refractivity contribution in [2.45, 2.75) is 12.8 Å². The molecule has 0 unspecified atom stereocenters. The van der Waals surface area contributed by atoms with Crippen LogP contribution in [-0.4, -0.2) is 46.0 Å². The van der Waals surface area contributed by atoms with Gasteiger partial charge < -0.3 is 15.1 Å². The number of nitrogens with zero attached hydrogens (tertiary/aromatic N) is 1. The van der Waals surface area contributed by atoms with Gasteiger partial charge in [-0.3, -0.25) is 14.4 Å². The highest BCUT2D eigenvalue weighted by Crippen LogP contribution is 2.17. The van der Waals surface area contributed by atoms with Crippen LogP contribution >= 0.6 is 11.6 Å². The van der Waals surface area contributed by atoms with Crippen LogP contribution in [0.5, 0.6) is 0 Å². The number of carbonyl (C=O) groups is 3. The summed E-state index contributed by atoms with van der Waals surface area (Å²) in [5.41, 5.74) is 0.227. The molecule has 0 spiro atoms. The number of benzene rings is 1. The molecular weight excluding hydrogens is 286 g/mol. The number of rotatable bonds is 7. The molecule has 2 N–H and O–H groups in total. The molecule has 0 aliphatic carbocycles. The van der Waals surface area contributed by atoms with Crippen molar-refractivity contribution < 1.29 is 24.6 Å². The number of carboxylic acids is 2. The Kier molecular flexibility index (Phi) is 5.99. The second-order valence-electron chi connectivity index (χ2n) is 4.06. The summed E-state index contributed by atoms with van der Waals surface area (Å²) in [4.78, 5) is 34.6. The Morgan fingerprint density at radius 3 is 1.95 bits per heavy atom. The molecule has 20 heavy (non-hydrogen) atoms. The summed E-state index contributed by atoms with van der Waals surface area (Å²) in [7, 11) is 0. The van der Waals surface area contributed by atoms with Crippen molar-refractivity contribution in [3.63, 3.8) is 0 Å². The summed E-state index contributed by atoms with van der Waals surface area (Å²) in [5.74, 6) is -2.59. The lowest BCUT2D eigenvalue weighted by Gasteiger charge is -2.21. The molecule has 0 aliphatic rings. The Morgan fingerprint density at radius 2 is 1.50 bits per heavy atom. The lowest BCUT2D eigenvalue weighted by Crippen LogP contribution is -2.35. The van der Waals surface area contributed by atoms with E-state index in [9.17, 15) is 14.4 Å². The van der Waals surface area contributed by atoms with Crippen LogP contribution in [0.4, 0.5) is 0 Å². The zero-order valence-corrected chi connectivity index (χ0v) is 11.3. The molecule has 108 valence electrons. The molecule has 0 aliphatic heterocycles. The highest BCUT2D eigenvalue weighted by molar-refractivity contribution is 6.33. The van der Waals surface area contributed by atoms with E-state index in [0.29, 0.717) is 0 Å². The number of amides is 1. The molecule has 1 aromatic carbocycles. The van der Waals surface area contributed by atoms with E-state index in [4.69, 9.17) is 21.8 Å². The van der Waals surface area contributed by atoms with E-state index in [1.54, 1.807) is 18.2 Å². The van der Waals surface area contributed by atoms with Gasteiger partial charge in [0.2, 0.25) is 0 Å². The van der Waals surface area contributed by atoms with E-state index in [1.807, 2.05) is 0 Å². The van der Waals surface area contributed by atoms with E-state index in [0.717, 1.165) is 0 Å². The fraction of sp³-hybridized carbons (Fsp3) is 0.308. The third-order valence-electron chi connectivity index (χ3n) is 2.58. The first-order valence-electron chi connectivity index (χ1n) is 5.89. The molecule has 0 bridgehead atoms. The molecule has 0 saturated carbocycles. The summed E-state index contributed by atoms with van der Waals surface area (Å²) in [6.45, 7) is -0.126. The van der Waals surface area contributed by atoms with Gasteiger partial charge in [0.25, 0.3) is 5.91 Å². The molecular formula is C13H14ClNO5. The standard InChI is InChI=1S/C13H14ClNO5/c14-10-4-2-1-3-9(10)13(20)15(7-5-11(16)17)8-6-12(18)19/h1-4H,5-8H2,(H,16,17)(H,18,19). The van der Waals surface area contributed by atoms with E-state index in [-0.39, 0.29) is 36.5 Å². The Labute approximate surface area is 120 Å². The van der Waals surface area contributed by atoms with Crippen LogP contribution < -0.4 is 0 Å². The lowest BCUT2D eigenvalue weighted by molar-refractivity contribution is -0.137. The van der Waals surface area contributed by atoms with Gasteiger partial charge in [0.05, 0.1) is 23.4 Å². The third-order valence-corrected chi connectivity index (χ3v) is 2.91. The van der Waals surface area contributed by atoms with Gasteiger partial charge in [0.1, 0.15) is 0 Å². The molecule has 0 atom stereocenters.